The van der Waals surface area contributed by atoms with Crippen LogP contribution in [-0.4, -0.2) is 29.5 Å². The Bertz CT molecular complexity index is 593. The van der Waals surface area contributed by atoms with Crippen molar-refractivity contribution in [2.24, 2.45) is 4.99 Å². The van der Waals surface area contributed by atoms with Crippen LogP contribution in [-0.2, 0) is 20.9 Å². The highest BCUT2D eigenvalue weighted by Gasteiger charge is 2.57. The van der Waals surface area contributed by atoms with Gasteiger partial charge >= 0.3 is 6.09 Å². The van der Waals surface area contributed by atoms with E-state index >= 15 is 0 Å². The van der Waals surface area contributed by atoms with Crippen molar-refractivity contribution in [3.8, 4) is 0 Å². The maximum absolute atomic E-state index is 11.7. The largest absolute Gasteiger partial charge is 0.443 e. The lowest BCUT2D eigenvalue weighted by molar-refractivity contribution is -0.0227. The van der Waals surface area contributed by atoms with E-state index in [0.29, 0.717) is 13.0 Å². The van der Waals surface area contributed by atoms with Crippen LogP contribution in [0, 0.1) is 0 Å². The molecule has 0 radical (unpaired) electrons. The summed E-state index contributed by atoms with van der Waals surface area (Å²) in [5.41, 5.74) is 4.68. The molecule has 7 nitrogen and oxygen atoms in total. The summed E-state index contributed by atoms with van der Waals surface area (Å²) in [5, 5.41) is 0. The van der Waals surface area contributed by atoms with E-state index < -0.39 is 23.5 Å². The Morgan fingerprint density at radius 1 is 1.39 bits per heavy atom. The van der Waals surface area contributed by atoms with E-state index in [0.717, 1.165) is 5.56 Å². The lowest BCUT2D eigenvalue weighted by Gasteiger charge is -2.23. The van der Waals surface area contributed by atoms with Crippen LogP contribution in [0.5, 0.6) is 0 Å². The first-order valence-corrected chi connectivity index (χ1v) is 7.36. The molecule has 124 valence electrons. The van der Waals surface area contributed by atoms with E-state index in [-0.39, 0.29) is 0 Å². The van der Waals surface area contributed by atoms with Crippen LogP contribution in [0.25, 0.3) is 0 Å². The first kappa shape index (κ1) is 17.1. The molecule has 7 heteroatoms. The van der Waals surface area contributed by atoms with Crippen molar-refractivity contribution in [1.82, 2.24) is 10.9 Å². The van der Waals surface area contributed by atoms with Gasteiger partial charge in [-0.3, -0.25) is 5.43 Å². The number of nitrogens with zero attached hydrogens (tertiary/aromatic N) is 1. The number of rotatable bonds is 6. The lowest BCUT2D eigenvalue weighted by Crippen LogP contribution is -2.50. The zero-order chi connectivity index (χ0) is 16.9. The van der Waals surface area contributed by atoms with Crippen molar-refractivity contribution in [3.63, 3.8) is 0 Å². The van der Waals surface area contributed by atoms with Crippen LogP contribution in [0.15, 0.2) is 35.3 Å². The minimum Gasteiger partial charge on any atom is -0.443 e. The van der Waals surface area contributed by atoms with Crippen molar-refractivity contribution >= 4 is 12.2 Å². The molecule has 1 saturated carbocycles. The topological polar surface area (TPSA) is 89.0 Å². The molecule has 0 bridgehead atoms. The van der Waals surface area contributed by atoms with Crippen molar-refractivity contribution in [2.75, 3.05) is 0 Å². The van der Waals surface area contributed by atoms with E-state index in [4.69, 9.17) is 9.47 Å². The van der Waals surface area contributed by atoms with Crippen molar-refractivity contribution in [3.05, 3.63) is 35.9 Å². The van der Waals surface area contributed by atoms with E-state index in [1.807, 2.05) is 30.3 Å². The van der Waals surface area contributed by atoms with Gasteiger partial charge in [-0.15, -0.1) is 0 Å². The Morgan fingerprint density at radius 3 is 2.70 bits per heavy atom. The third-order valence-electron chi connectivity index (χ3n) is 3.20. The highest BCUT2D eigenvalue weighted by Crippen LogP contribution is 2.40. The van der Waals surface area contributed by atoms with Crippen LogP contribution in [0.4, 0.5) is 4.79 Å². The van der Waals surface area contributed by atoms with Gasteiger partial charge in [0, 0.05) is 6.42 Å². The number of hydrogen-bond acceptors (Lipinski definition) is 6. The molecular formula is C16H21N3O4. The normalized spacial score (nSPS) is 22.8. The third-order valence-corrected chi connectivity index (χ3v) is 3.20. The maximum atomic E-state index is 11.7. The summed E-state index contributed by atoms with van der Waals surface area (Å²) >= 11 is 0. The molecule has 0 heterocycles. The van der Waals surface area contributed by atoms with Gasteiger partial charge in [0.2, 0.25) is 6.08 Å². The molecule has 1 aromatic carbocycles. The van der Waals surface area contributed by atoms with E-state index in [1.54, 1.807) is 20.8 Å². The van der Waals surface area contributed by atoms with Crippen molar-refractivity contribution < 1.29 is 19.1 Å². The molecule has 0 saturated heterocycles. The third kappa shape index (κ3) is 5.17. The Kier molecular flexibility index (Phi) is 5.15. The summed E-state index contributed by atoms with van der Waals surface area (Å²) in [6, 6.07) is 9.19. The second kappa shape index (κ2) is 6.91. The number of benzene rings is 1. The van der Waals surface area contributed by atoms with E-state index in [1.165, 1.54) is 6.08 Å². The molecule has 2 atom stereocenters. The smallest absolute Gasteiger partial charge is 0.422 e. The Hall–Kier alpha value is -2.21. The Labute approximate surface area is 135 Å². The molecule has 0 aromatic heterocycles. The SMILES string of the molecule is CC(C)(C)OC(=O)NNC1(OCc2ccccc2)CC1N=C=O. The highest BCUT2D eigenvalue weighted by atomic mass is 16.6. The number of nitrogens with one attached hydrogen (secondary N) is 2. The van der Waals surface area contributed by atoms with Gasteiger partial charge in [0.15, 0.2) is 5.72 Å². The molecule has 2 rings (SSSR count). The fourth-order valence-corrected chi connectivity index (χ4v) is 2.01. The number of ether oxygens (including phenoxy) is 2. The molecule has 0 spiro atoms. The molecule has 0 aliphatic heterocycles. The molecule has 1 aliphatic carbocycles. The van der Waals surface area contributed by atoms with Gasteiger partial charge in [-0.25, -0.2) is 9.59 Å². The average molecular weight is 319 g/mol. The van der Waals surface area contributed by atoms with Crippen LogP contribution in [0.1, 0.15) is 32.8 Å². The second-order valence-electron chi connectivity index (χ2n) is 6.36. The van der Waals surface area contributed by atoms with Crippen LogP contribution in [0.3, 0.4) is 0 Å². The Balaban J connectivity index is 1.92. The molecular weight excluding hydrogens is 298 g/mol. The maximum Gasteiger partial charge on any atom is 0.422 e. The molecule has 1 fully saturated rings. The number of carbonyl (C=O) groups excluding carboxylic acids is 2. The predicted molar refractivity (Wildman–Crippen MR) is 83.0 cm³/mol. The number of isocyanates is 1. The van der Waals surface area contributed by atoms with Crippen molar-refractivity contribution in [2.45, 2.75) is 51.2 Å². The zero-order valence-electron chi connectivity index (χ0n) is 13.5. The number of hydrazine groups is 1. The van der Waals surface area contributed by atoms with Gasteiger partial charge < -0.3 is 9.47 Å². The fraction of sp³-hybridized carbons (Fsp3) is 0.500. The van der Waals surface area contributed by atoms with Crippen LogP contribution >= 0.6 is 0 Å². The molecule has 2 unspecified atom stereocenters. The molecule has 2 N–H and O–H groups in total. The predicted octanol–water partition coefficient (Wildman–Crippen LogP) is 2.04. The highest BCUT2D eigenvalue weighted by molar-refractivity contribution is 5.67. The minimum absolute atomic E-state index is 0.328. The Morgan fingerprint density at radius 2 is 2.09 bits per heavy atom. The lowest BCUT2D eigenvalue weighted by atomic mass is 10.2. The van der Waals surface area contributed by atoms with Gasteiger partial charge in [-0.1, -0.05) is 30.3 Å². The van der Waals surface area contributed by atoms with Crippen molar-refractivity contribution in [1.29, 1.82) is 0 Å². The molecule has 1 aliphatic rings. The van der Waals surface area contributed by atoms with Gasteiger partial charge in [0.1, 0.15) is 11.6 Å². The minimum atomic E-state index is -0.913. The summed E-state index contributed by atoms with van der Waals surface area (Å²) in [4.78, 5) is 25.8. The monoisotopic (exact) mass is 319 g/mol. The summed E-state index contributed by atoms with van der Waals surface area (Å²) in [5.74, 6) is 0. The average Bonchev–Trinajstić information content (AvgIpc) is 3.17. The van der Waals surface area contributed by atoms with Gasteiger partial charge in [-0.2, -0.15) is 10.4 Å². The van der Waals surface area contributed by atoms with E-state index in [2.05, 4.69) is 15.8 Å². The number of hydrogen-bond donors (Lipinski definition) is 2. The first-order valence-electron chi connectivity index (χ1n) is 7.36. The first-order chi connectivity index (χ1) is 10.8. The second-order valence-corrected chi connectivity index (χ2v) is 6.36. The number of aliphatic imine (C=N–C) groups is 1. The van der Waals surface area contributed by atoms with Gasteiger partial charge in [0.25, 0.3) is 0 Å². The molecule has 23 heavy (non-hydrogen) atoms. The standard InChI is InChI=1S/C16H21N3O4/c1-15(2,3)23-14(21)18-19-16(9-13(16)17-11-20)22-10-12-7-5-4-6-8-12/h4-8,13,19H,9-10H2,1-3H3,(H,18,21). The number of carbonyl (C=O) groups is 1. The number of amides is 1. The van der Waals surface area contributed by atoms with E-state index in [9.17, 15) is 9.59 Å². The molecule has 1 aromatic rings. The van der Waals surface area contributed by atoms with Gasteiger partial charge in [-0.05, 0) is 26.3 Å². The fourth-order valence-electron chi connectivity index (χ4n) is 2.01. The van der Waals surface area contributed by atoms with Crippen LogP contribution in [0.2, 0.25) is 0 Å². The van der Waals surface area contributed by atoms with Crippen LogP contribution < -0.4 is 10.9 Å². The summed E-state index contributed by atoms with van der Waals surface area (Å²) in [7, 11) is 0. The zero-order valence-corrected chi connectivity index (χ0v) is 13.5. The summed E-state index contributed by atoms with van der Waals surface area (Å²) in [6.07, 6.45) is 1.36. The van der Waals surface area contributed by atoms with Gasteiger partial charge in [0.05, 0.1) is 6.61 Å². The summed E-state index contributed by atoms with van der Waals surface area (Å²) < 4.78 is 11.0. The quantitative estimate of drug-likeness (QED) is 0.362. The summed E-state index contributed by atoms with van der Waals surface area (Å²) in [6.45, 7) is 5.63. The molecule has 1 amide bonds.